The van der Waals surface area contributed by atoms with Crippen LogP contribution in [0.15, 0.2) is 60.7 Å². The summed E-state index contributed by atoms with van der Waals surface area (Å²) in [6.07, 6.45) is 10.3. The number of hydrogen-bond acceptors (Lipinski definition) is 3. The van der Waals surface area contributed by atoms with Crippen molar-refractivity contribution < 1.29 is 14.3 Å². The molecule has 2 rings (SSSR count). The number of benzene rings is 1. The van der Waals surface area contributed by atoms with E-state index in [0.29, 0.717) is 6.61 Å². The van der Waals surface area contributed by atoms with Gasteiger partial charge in [0, 0.05) is 7.11 Å². The molecule has 1 aromatic rings. The zero-order chi connectivity index (χ0) is 13.6. The third-order valence-corrected chi connectivity index (χ3v) is 2.82. The predicted octanol–water partition coefficient (Wildman–Crippen LogP) is 2.75. The van der Waals surface area contributed by atoms with Crippen molar-refractivity contribution in [2.45, 2.75) is 5.79 Å². The summed E-state index contributed by atoms with van der Waals surface area (Å²) in [6, 6.07) is 9.89. The van der Waals surface area contributed by atoms with Crippen LogP contribution in [0.5, 0.6) is 0 Å². The molecule has 0 saturated heterocycles. The average Bonchev–Trinajstić information content (AvgIpc) is 2.47. The standard InChI is InChI=1S/C16H16O3/c1-18-16(12-6-5-11-15(16)17)19-13-7-10-14-8-3-2-4-9-14/h2-12H,13H2,1H3/b10-7+. The van der Waals surface area contributed by atoms with E-state index >= 15 is 0 Å². The Morgan fingerprint density at radius 2 is 2.00 bits per heavy atom. The summed E-state index contributed by atoms with van der Waals surface area (Å²) in [7, 11) is 1.46. The van der Waals surface area contributed by atoms with Gasteiger partial charge in [-0.25, -0.2) is 0 Å². The number of hydrogen-bond donors (Lipinski definition) is 0. The number of methoxy groups -OCH3 is 1. The van der Waals surface area contributed by atoms with Crippen LogP contribution in [0.2, 0.25) is 0 Å². The Morgan fingerprint density at radius 3 is 2.68 bits per heavy atom. The third-order valence-electron chi connectivity index (χ3n) is 2.82. The molecule has 1 atom stereocenters. The van der Waals surface area contributed by atoms with Gasteiger partial charge in [-0.15, -0.1) is 0 Å². The molecule has 0 aromatic heterocycles. The molecule has 3 nitrogen and oxygen atoms in total. The summed E-state index contributed by atoms with van der Waals surface area (Å²) in [5.41, 5.74) is 1.09. The normalized spacial score (nSPS) is 22.3. The first-order valence-corrected chi connectivity index (χ1v) is 6.08. The molecular weight excluding hydrogens is 240 g/mol. The first-order chi connectivity index (χ1) is 9.27. The van der Waals surface area contributed by atoms with E-state index in [-0.39, 0.29) is 5.78 Å². The second-order valence-corrected chi connectivity index (χ2v) is 4.08. The van der Waals surface area contributed by atoms with Crippen LogP contribution in [0.1, 0.15) is 5.56 Å². The lowest BCUT2D eigenvalue weighted by molar-refractivity contribution is -0.187. The molecule has 0 bridgehead atoms. The number of carbonyl (C=O) groups excluding carboxylic acids is 1. The molecule has 0 spiro atoms. The van der Waals surface area contributed by atoms with Gasteiger partial charge in [0.15, 0.2) is 0 Å². The molecule has 1 unspecified atom stereocenters. The Morgan fingerprint density at radius 1 is 1.21 bits per heavy atom. The number of rotatable bonds is 5. The summed E-state index contributed by atoms with van der Waals surface area (Å²) in [4.78, 5) is 11.8. The quantitative estimate of drug-likeness (QED) is 0.760. The molecule has 98 valence electrons. The Labute approximate surface area is 112 Å². The molecule has 0 aliphatic heterocycles. The van der Waals surface area contributed by atoms with Gasteiger partial charge in [0.05, 0.1) is 6.61 Å². The Kier molecular flexibility index (Phi) is 4.44. The highest BCUT2D eigenvalue weighted by molar-refractivity contribution is 5.98. The van der Waals surface area contributed by atoms with Crippen molar-refractivity contribution in [3.05, 3.63) is 66.3 Å². The van der Waals surface area contributed by atoms with Crippen molar-refractivity contribution >= 4 is 11.9 Å². The molecule has 1 aromatic carbocycles. The van der Waals surface area contributed by atoms with Crippen molar-refractivity contribution in [1.82, 2.24) is 0 Å². The molecule has 1 aliphatic rings. The van der Waals surface area contributed by atoms with Crippen LogP contribution in [-0.4, -0.2) is 25.3 Å². The number of allylic oxidation sites excluding steroid dienone is 2. The van der Waals surface area contributed by atoms with Gasteiger partial charge in [-0.3, -0.25) is 4.79 Å². The molecule has 0 heterocycles. The van der Waals surface area contributed by atoms with Crippen molar-refractivity contribution in [3.63, 3.8) is 0 Å². The number of ether oxygens (including phenoxy) is 2. The average molecular weight is 256 g/mol. The van der Waals surface area contributed by atoms with E-state index in [2.05, 4.69) is 0 Å². The van der Waals surface area contributed by atoms with E-state index in [1.807, 2.05) is 42.5 Å². The summed E-state index contributed by atoms with van der Waals surface area (Å²) < 4.78 is 10.8. The SMILES string of the molecule is COC1(OC/C=C/c2ccccc2)C=CC=CC1=O. The van der Waals surface area contributed by atoms with Crippen LogP contribution < -0.4 is 0 Å². The minimum Gasteiger partial charge on any atom is -0.344 e. The molecule has 0 radical (unpaired) electrons. The highest BCUT2D eigenvalue weighted by Crippen LogP contribution is 2.20. The van der Waals surface area contributed by atoms with Crippen LogP contribution in [0.4, 0.5) is 0 Å². The van der Waals surface area contributed by atoms with E-state index in [1.54, 1.807) is 18.2 Å². The Balaban J connectivity index is 1.94. The van der Waals surface area contributed by atoms with Gasteiger partial charge in [0.25, 0.3) is 5.79 Å². The topological polar surface area (TPSA) is 35.5 Å². The number of carbonyl (C=O) groups is 1. The highest BCUT2D eigenvalue weighted by Gasteiger charge is 2.36. The molecule has 1 aliphatic carbocycles. The van der Waals surface area contributed by atoms with Gasteiger partial charge in [-0.1, -0.05) is 54.6 Å². The molecule has 0 amide bonds. The lowest BCUT2D eigenvalue weighted by Gasteiger charge is -2.27. The van der Waals surface area contributed by atoms with Crippen molar-refractivity contribution in [2.24, 2.45) is 0 Å². The second-order valence-electron chi connectivity index (χ2n) is 4.08. The smallest absolute Gasteiger partial charge is 0.253 e. The van der Waals surface area contributed by atoms with Crippen LogP contribution >= 0.6 is 0 Å². The van der Waals surface area contributed by atoms with Gasteiger partial charge in [0.2, 0.25) is 5.78 Å². The van der Waals surface area contributed by atoms with Crippen LogP contribution in [0.25, 0.3) is 6.08 Å². The van der Waals surface area contributed by atoms with Gasteiger partial charge in [-0.2, -0.15) is 0 Å². The minimum absolute atomic E-state index is 0.203. The monoisotopic (exact) mass is 256 g/mol. The molecule has 0 saturated carbocycles. The second kappa shape index (κ2) is 6.27. The fourth-order valence-corrected chi connectivity index (χ4v) is 1.79. The number of ketones is 1. The zero-order valence-corrected chi connectivity index (χ0v) is 10.8. The van der Waals surface area contributed by atoms with Crippen molar-refractivity contribution in [1.29, 1.82) is 0 Å². The maximum atomic E-state index is 11.8. The van der Waals surface area contributed by atoms with E-state index in [0.717, 1.165) is 5.56 Å². The maximum Gasteiger partial charge on any atom is 0.253 e. The minimum atomic E-state index is -1.28. The van der Waals surface area contributed by atoms with Gasteiger partial charge < -0.3 is 9.47 Å². The Hall–Kier alpha value is -1.97. The van der Waals surface area contributed by atoms with Gasteiger partial charge in [-0.05, 0) is 17.7 Å². The van der Waals surface area contributed by atoms with Crippen LogP contribution in [-0.2, 0) is 14.3 Å². The van der Waals surface area contributed by atoms with Gasteiger partial charge >= 0.3 is 0 Å². The van der Waals surface area contributed by atoms with E-state index in [9.17, 15) is 4.79 Å². The van der Waals surface area contributed by atoms with Crippen LogP contribution in [0, 0.1) is 0 Å². The summed E-state index contributed by atoms with van der Waals surface area (Å²) >= 11 is 0. The molecule has 0 N–H and O–H groups in total. The first-order valence-electron chi connectivity index (χ1n) is 6.08. The first kappa shape index (κ1) is 13.5. The van der Waals surface area contributed by atoms with Crippen LogP contribution in [0.3, 0.4) is 0 Å². The maximum absolute atomic E-state index is 11.8. The van der Waals surface area contributed by atoms with Gasteiger partial charge in [0.1, 0.15) is 0 Å². The molecule has 3 heteroatoms. The summed E-state index contributed by atoms with van der Waals surface area (Å²) in [5, 5.41) is 0. The Bertz CT molecular complexity index is 514. The molecule has 19 heavy (non-hydrogen) atoms. The van der Waals surface area contributed by atoms with Crippen molar-refractivity contribution in [2.75, 3.05) is 13.7 Å². The lowest BCUT2D eigenvalue weighted by Crippen LogP contribution is -2.41. The zero-order valence-electron chi connectivity index (χ0n) is 10.8. The van der Waals surface area contributed by atoms with Crippen molar-refractivity contribution in [3.8, 4) is 0 Å². The predicted molar refractivity (Wildman–Crippen MR) is 74.5 cm³/mol. The fraction of sp³-hybridized carbons (Fsp3) is 0.188. The molecular formula is C16H16O3. The largest absolute Gasteiger partial charge is 0.344 e. The lowest BCUT2D eigenvalue weighted by atomic mass is 10.1. The fourth-order valence-electron chi connectivity index (χ4n) is 1.79. The summed E-state index contributed by atoms with van der Waals surface area (Å²) in [6.45, 7) is 0.298. The van der Waals surface area contributed by atoms with E-state index in [1.165, 1.54) is 13.2 Å². The third kappa shape index (κ3) is 3.28. The van der Waals surface area contributed by atoms with E-state index < -0.39 is 5.79 Å². The van der Waals surface area contributed by atoms with E-state index in [4.69, 9.17) is 9.47 Å². The summed E-state index contributed by atoms with van der Waals surface area (Å²) in [5.74, 6) is -1.49. The molecule has 0 fully saturated rings. The highest BCUT2D eigenvalue weighted by atomic mass is 16.7.